The Morgan fingerprint density at radius 1 is 1.30 bits per heavy atom. The summed E-state index contributed by atoms with van der Waals surface area (Å²) in [5, 5.41) is 23.5. The minimum absolute atomic E-state index is 0.0839. The van der Waals surface area contributed by atoms with Crippen molar-refractivity contribution in [2.24, 2.45) is 5.16 Å². The summed E-state index contributed by atoms with van der Waals surface area (Å²) in [6.07, 6.45) is 4.05. The maximum Gasteiger partial charge on any atom is 0.251 e. The standard InChI is InChI=1S/C14H17FN2O3/c15-11-6-9(13(8-18)17-20)5-10(7-11)14(19)16-12-3-1-2-4-12/h5-7,12,18,20H,1-4,8H2,(H,16,19)/b17-13-. The Kier molecular flexibility index (Phi) is 4.68. The number of rotatable bonds is 4. The number of oxime groups is 1. The van der Waals surface area contributed by atoms with Crippen molar-refractivity contribution in [1.82, 2.24) is 5.32 Å². The molecular formula is C14H17FN2O3. The number of hydrogen-bond acceptors (Lipinski definition) is 4. The third-order valence-electron chi connectivity index (χ3n) is 3.45. The molecule has 1 saturated carbocycles. The van der Waals surface area contributed by atoms with Crippen LogP contribution in [0.2, 0.25) is 0 Å². The zero-order chi connectivity index (χ0) is 14.5. The van der Waals surface area contributed by atoms with Crippen molar-refractivity contribution < 1.29 is 19.5 Å². The third kappa shape index (κ3) is 3.33. The minimum Gasteiger partial charge on any atom is -0.411 e. The van der Waals surface area contributed by atoms with Crippen LogP contribution in [-0.2, 0) is 0 Å². The van der Waals surface area contributed by atoms with Gasteiger partial charge in [0, 0.05) is 17.2 Å². The van der Waals surface area contributed by atoms with Gasteiger partial charge < -0.3 is 15.6 Å². The fourth-order valence-corrected chi connectivity index (χ4v) is 2.41. The Hall–Kier alpha value is -1.95. The van der Waals surface area contributed by atoms with Crippen LogP contribution in [0.4, 0.5) is 4.39 Å². The molecule has 1 aliphatic rings. The molecule has 0 spiro atoms. The van der Waals surface area contributed by atoms with Crippen LogP contribution in [-0.4, -0.2) is 34.6 Å². The molecule has 1 amide bonds. The smallest absolute Gasteiger partial charge is 0.251 e. The summed E-state index contributed by atoms with van der Waals surface area (Å²) in [5.41, 5.74) is 0.257. The Bertz CT molecular complexity index is 525. The normalized spacial score (nSPS) is 16.4. The van der Waals surface area contributed by atoms with Gasteiger partial charge in [0.2, 0.25) is 0 Å². The van der Waals surface area contributed by atoms with Crippen molar-refractivity contribution in [2.45, 2.75) is 31.7 Å². The van der Waals surface area contributed by atoms with Gasteiger partial charge in [-0.05, 0) is 31.0 Å². The van der Waals surface area contributed by atoms with E-state index in [2.05, 4.69) is 10.5 Å². The predicted octanol–water partition coefficient (Wildman–Crippen LogP) is 1.67. The van der Waals surface area contributed by atoms with Crippen molar-refractivity contribution in [2.75, 3.05) is 6.61 Å². The van der Waals surface area contributed by atoms with Crippen LogP contribution in [0.3, 0.4) is 0 Å². The quantitative estimate of drug-likeness (QED) is 0.446. The Labute approximate surface area is 116 Å². The van der Waals surface area contributed by atoms with E-state index in [4.69, 9.17) is 10.3 Å². The summed E-state index contributed by atoms with van der Waals surface area (Å²) in [6, 6.07) is 3.77. The number of hydrogen-bond donors (Lipinski definition) is 3. The molecule has 3 N–H and O–H groups in total. The summed E-state index contributed by atoms with van der Waals surface area (Å²) in [4.78, 5) is 12.1. The molecular weight excluding hydrogens is 263 g/mol. The lowest BCUT2D eigenvalue weighted by Gasteiger charge is -2.12. The number of nitrogens with zero attached hydrogens (tertiary/aromatic N) is 1. The van der Waals surface area contributed by atoms with Gasteiger partial charge in [0.05, 0.1) is 6.61 Å². The molecule has 5 nitrogen and oxygen atoms in total. The molecule has 1 fully saturated rings. The number of halogens is 1. The predicted molar refractivity (Wildman–Crippen MR) is 71.5 cm³/mol. The highest BCUT2D eigenvalue weighted by molar-refractivity contribution is 6.03. The van der Waals surface area contributed by atoms with Crippen LogP contribution in [0.5, 0.6) is 0 Å². The first-order valence-corrected chi connectivity index (χ1v) is 6.57. The molecule has 1 aromatic rings. The van der Waals surface area contributed by atoms with Crippen molar-refractivity contribution in [1.29, 1.82) is 0 Å². The highest BCUT2D eigenvalue weighted by atomic mass is 19.1. The van der Waals surface area contributed by atoms with Crippen LogP contribution in [0.15, 0.2) is 23.4 Å². The van der Waals surface area contributed by atoms with Crippen LogP contribution in [0, 0.1) is 5.82 Å². The molecule has 0 aromatic heterocycles. The fourth-order valence-electron chi connectivity index (χ4n) is 2.41. The van der Waals surface area contributed by atoms with Crippen molar-refractivity contribution in [3.63, 3.8) is 0 Å². The average molecular weight is 280 g/mol. The van der Waals surface area contributed by atoms with Gasteiger partial charge in [-0.25, -0.2) is 4.39 Å². The second-order valence-corrected chi connectivity index (χ2v) is 4.89. The van der Waals surface area contributed by atoms with Gasteiger partial charge in [0.15, 0.2) is 0 Å². The molecule has 108 valence electrons. The van der Waals surface area contributed by atoms with Gasteiger partial charge in [-0.15, -0.1) is 0 Å². The molecule has 20 heavy (non-hydrogen) atoms. The van der Waals surface area contributed by atoms with E-state index in [-0.39, 0.29) is 28.8 Å². The number of aliphatic hydroxyl groups excluding tert-OH is 1. The second kappa shape index (κ2) is 6.47. The SMILES string of the molecule is O=C(NC1CCCC1)c1cc(F)cc(/C(CO)=N\O)c1. The van der Waals surface area contributed by atoms with E-state index < -0.39 is 12.4 Å². The van der Waals surface area contributed by atoms with Crippen molar-refractivity contribution in [3.05, 3.63) is 35.1 Å². The zero-order valence-electron chi connectivity index (χ0n) is 11.0. The van der Waals surface area contributed by atoms with Gasteiger partial charge in [0.25, 0.3) is 5.91 Å². The number of nitrogens with one attached hydrogen (secondary N) is 1. The lowest BCUT2D eigenvalue weighted by Crippen LogP contribution is -2.32. The Balaban J connectivity index is 2.20. The van der Waals surface area contributed by atoms with E-state index in [9.17, 15) is 9.18 Å². The lowest BCUT2D eigenvalue weighted by molar-refractivity contribution is 0.0937. The summed E-state index contributed by atoms with van der Waals surface area (Å²) in [5.74, 6) is -0.971. The second-order valence-electron chi connectivity index (χ2n) is 4.89. The first kappa shape index (κ1) is 14.5. The van der Waals surface area contributed by atoms with Crippen LogP contribution in [0.1, 0.15) is 41.6 Å². The Morgan fingerprint density at radius 3 is 2.55 bits per heavy atom. The molecule has 1 aromatic carbocycles. The Morgan fingerprint density at radius 2 is 1.95 bits per heavy atom. The molecule has 0 bridgehead atoms. The number of benzene rings is 1. The van der Waals surface area contributed by atoms with E-state index in [0.717, 1.165) is 37.8 Å². The molecule has 2 rings (SSSR count). The summed E-state index contributed by atoms with van der Waals surface area (Å²) in [6.45, 7) is -0.538. The van der Waals surface area contributed by atoms with Gasteiger partial charge in [-0.1, -0.05) is 18.0 Å². The van der Waals surface area contributed by atoms with Crippen molar-refractivity contribution in [3.8, 4) is 0 Å². The van der Waals surface area contributed by atoms with E-state index >= 15 is 0 Å². The lowest BCUT2D eigenvalue weighted by atomic mass is 10.1. The number of carbonyl (C=O) groups excluding carboxylic acids is 1. The monoisotopic (exact) mass is 280 g/mol. The number of amides is 1. The highest BCUT2D eigenvalue weighted by Gasteiger charge is 2.19. The summed E-state index contributed by atoms with van der Waals surface area (Å²) < 4.78 is 13.5. The fraction of sp³-hybridized carbons (Fsp3) is 0.429. The summed E-state index contributed by atoms with van der Waals surface area (Å²) >= 11 is 0. The number of aliphatic hydroxyl groups is 1. The maximum absolute atomic E-state index is 13.5. The minimum atomic E-state index is -0.617. The molecule has 0 radical (unpaired) electrons. The van der Waals surface area contributed by atoms with E-state index in [1.54, 1.807) is 0 Å². The largest absolute Gasteiger partial charge is 0.411 e. The topological polar surface area (TPSA) is 81.9 Å². The van der Waals surface area contributed by atoms with Crippen LogP contribution in [0.25, 0.3) is 0 Å². The summed E-state index contributed by atoms with van der Waals surface area (Å²) in [7, 11) is 0. The van der Waals surface area contributed by atoms with E-state index in [1.165, 1.54) is 6.07 Å². The highest BCUT2D eigenvalue weighted by Crippen LogP contribution is 2.18. The molecule has 0 unspecified atom stereocenters. The zero-order valence-corrected chi connectivity index (χ0v) is 11.0. The first-order chi connectivity index (χ1) is 9.63. The van der Waals surface area contributed by atoms with Gasteiger partial charge in [0.1, 0.15) is 11.5 Å². The first-order valence-electron chi connectivity index (χ1n) is 6.57. The molecule has 0 heterocycles. The van der Waals surface area contributed by atoms with Crippen LogP contribution < -0.4 is 5.32 Å². The molecule has 0 atom stereocenters. The third-order valence-corrected chi connectivity index (χ3v) is 3.45. The molecule has 0 aliphatic heterocycles. The molecule has 6 heteroatoms. The number of carbonyl (C=O) groups is 1. The maximum atomic E-state index is 13.5. The van der Waals surface area contributed by atoms with Gasteiger partial charge in [-0.2, -0.15) is 0 Å². The van der Waals surface area contributed by atoms with Gasteiger partial charge >= 0.3 is 0 Å². The van der Waals surface area contributed by atoms with E-state index in [0.29, 0.717) is 0 Å². The van der Waals surface area contributed by atoms with Gasteiger partial charge in [-0.3, -0.25) is 4.79 Å². The molecule has 0 saturated heterocycles. The van der Waals surface area contributed by atoms with Crippen molar-refractivity contribution >= 4 is 11.6 Å². The van der Waals surface area contributed by atoms with E-state index in [1.807, 2.05) is 0 Å². The average Bonchev–Trinajstić information content (AvgIpc) is 2.92. The molecule has 1 aliphatic carbocycles. The van der Waals surface area contributed by atoms with Crippen LogP contribution >= 0.6 is 0 Å².